The zero-order valence-electron chi connectivity index (χ0n) is 17.1. The van der Waals surface area contributed by atoms with Crippen LogP contribution in [0.25, 0.3) is 0 Å². The minimum absolute atomic E-state index is 0.0485. The second kappa shape index (κ2) is 7.41. The maximum Gasteiger partial charge on any atom is 0.279 e. The Balaban J connectivity index is 1.23. The summed E-state index contributed by atoms with van der Waals surface area (Å²) in [6, 6.07) is 10.4. The molecule has 2 aromatic rings. The first kappa shape index (κ1) is 18.6. The number of anilines is 1. The van der Waals surface area contributed by atoms with Gasteiger partial charge in [-0.05, 0) is 37.1 Å². The molecule has 3 heterocycles. The molecule has 1 saturated heterocycles. The van der Waals surface area contributed by atoms with Crippen LogP contribution in [-0.4, -0.2) is 29.4 Å². The van der Waals surface area contributed by atoms with Crippen molar-refractivity contribution in [3.63, 3.8) is 0 Å². The van der Waals surface area contributed by atoms with E-state index in [9.17, 15) is 4.79 Å². The zero-order chi connectivity index (χ0) is 19.8. The summed E-state index contributed by atoms with van der Waals surface area (Å²) in [6.07, 6.45) is 9.75. The smallest absolute Gasteiger partial charge is 0.279 e. The summed E-state index contributed by atoms with van der Waals surface area (Å²) in [4.78, 5) is 14.1. The van der Waals surface area contributed by atoms with Crippen LogP contribution >= 0.6 is 0 Å². The number of benzene rings is 1. The molecule has 0 radical (unpaired) electrons. The number of carbonyl (C=O) groups is 1. The number of likely N-dealkylation sites (tertiary alicyclic amines) is 1. The molecule has 1 aliphatic carbocycles. The standard InChI is InChI=1S/C23H29N3O3/c1-25-13-5-7-18(25)19-8-6-14-26(19)16-22(27)24-17-9-10-20-21(15-17)29-23(28-20)11-3-2-4-12-23/h5,7,9-10,13,15,19H,2-4,6,8,11-12,14,16H2,1H3,(H,24,27)/p+1/t19-/m1/s1. The Kier molecular flexibility index (Phi) is 4.74. The molecular weight excluding hydrogens is 366 g/mol. The van der Waals surface area contributed by atoms with Gasteiger partial charge in [0.1, 0.15) is 6.04 Å². The Labute approximate surface area is 171 Å². The lowest BCUT2D eigenvalue weighted by Gasteiger charge is -2.31. The molecule has 2 atom stereocenters. The highest BCUT2D eigenvalue weighted by atomic mass is 16.7. The number of nitrogens with zero attached hydrogens (tertiary/aromatic N) is 1. The Bertz CT molecular complexity index is 901. The van der Waals surface area contributed by atoms with E-state index < -0.39 is 5.79 Å². The molecule has 5 rings (SSSR count). The molecule has 29 heavy (non-hydrogen) atoms. The minimum Gasteiger partial charge on any atom is -0.448 e. The molecule has 0 bridgehead atoms. The maximum absolute atomic E-state index is 12.8. The number of aromatic nitrogens is 1. The Hall–Kier alpha value is -2.47. The third-order valence-electron chi connectivity index (χ3n) is 6.65. The van der Waals surface area contributed by atoms with Crippen molar-refractivity contribution in [3.8, 4) is 11.5 Å². The van der Waals surface area contributed by atoms with Gasteiger partial charge in [-0.25, -0.2) is 0 Å². The lowest BCUT2D eigenvalue weighted by atomic mass is 9.94. The van der Waals surface area contributed by atoms with E-state index in [-0.39, 0.29) is 5.91 Å². The minimum atomic E-state index is -0.481. The van der Waals surface area contributed by atoms with Crippen molar-refractivity contribution in [2.75, 3.05) is 18.4 Å². The van der Waals surface area contributed by atoms with Crippen molar-refractivity contribution in [2.24, 2.45) is 7.05 Å². The Morgan fingerprint density at radius 2 is 2.00 bits per heavy atom. The highest BCUT2D eigenvalue weighted by Crippen LogP contribution is 2.46. The van der Waals surface area contributed by atoms with Crippen molar-refractivity contribution in [2.45, 2.75) is 56.8 Å². The second-order valence-corrected chi connectivity index (χ2v) is 8.71. The van der Waals surface area contributed by atoms with E-state index in [1.807, 2.05) is 18.2 Å². The fourth-order valence-electron chi connectivity index (χ4n) is 5.19. The molecule has 1 aromatic heterocycles. The Morgan fingerprint density at radius 3 is 2.79 bits per heavy atom. The number of rotatable bonds is 4. The molecular formula is C23H30N3O3+. The maximum atomic E-state index is 12.8. The molecule has 1 amide bonds. The number of nitrogens with one attached hydrogen (secondary N) is 2. The van der Waals surface area contributed by atoms with Crippen LogP contribution in [0.1, 0.15) is 56.7 Å². The van der Waals surface area contributed by atoms with Gasteiger partial charge >= 0.3 is 0 Å². The van der Waals surface area contributed by atoms with Gasteiger partial charge in [0.05, 0.1) is 12.2 Å². The second-order valence-electron chi connectivity index (χ2n) is 8.71. The van der Waals surface area contributed by atoms with Gasteiger partial charge in [-0.1, -0.05) is 6.42 Å². The molecule has 2 aliphatic heterocycles. The number of hydrogen-bond donors (Lipinski definition) is 2. The third-order valence-corrected chi connectivity index (χ3v) is 6.65. The lowest BCUT2D eigenvalue weighted by molar-refractivity contribution is -0.910. The zero-order valence-corrected chi connectivity index (χ0v) is 17.1. The molecule has 6 nitrogen and oxygen atoms in total. The summed E-state index contributed by atoms with van der Waals surface area (Å²) in [5.74, 6) is 1.11. The quantitative estimate of drug-likeness (QED) is 0.836. The molecule has 2 N–H and O–H groups in total. The van der Waals surface area contributed by atoms with Crippen LogP contribution in [-0.2, 0) is 11.8 Å². The van der Waals surface area contributed by atoms with Crippen LogP contribution in [0.4, 0.5) is 5.69 Å². The predicted molar refractivity (Wildman–Crippen MR) is 110 cm³/mol. The average molecular weight is 397 g/mol. The summed E-state index contributed by atoms with van der Waals surface area (Å²) >= 11 is 0. The fraction of sp³-hybridized carbons (Fsp3) is 0.522. The summed E-state index contributed by atoms with van der Waals surface area (Å²) in [5.41, 5.74) is 2.09. The molecule has 1 unspecified atom stereocenters. The van der Waals surface area contributed by atoms with Gasteiger partial charge in [-0.15, -0.1) is 0 Å². The normalized spacial score (nSPS) is 24.7. The van der Waals surface area contributed by atoms with Gasteiger partial charge in [0.25, 0.3) is 11.7 Å². The van der Waals surface area contributed by atoms with E-state index >= 15 is 0 Å². The van der Waals surface area contributed by atoms with E-state index in [0.29, 0.717) is 12.6 Å². The highest BCUT2D eigenvalue weighted by Gasteiger charge is 2.42. The number of aryl methyl sites for hydroxylation is 1. The van der Waals surface area contributed by atoms with Gasteiger partial charge in [0, 0.05) is 50.7 Å². The largest absolute Gasteiger partial charge is 0.448 e. The molecule has 2 fully saturated rings. The summed E-state index contributed by atoms with van der Waals surface area (Å²) in [6.45, 7) is 1.52. The average Bonchev–Trinajstić information content (AvgIpc) is 3.40. The first-order chi connectivity index (χ1) is 14.1. The van der Waals surface area contributed by atoms with E-state index in [4.69, 9.17) is 9.47 Å². The van der Waals surface area contributed by atoms with Gasteiger partial charge in [0.2, 0.25) is 0 Å². The van der Waals surface area contributed by atoms with Crippen LogP contribution in [0.2, 0.25) is 0 Å². The monoisotopic (exact) mass is 396 g/mol. The fourth-order valence-corrected chi connectivity index (χ4v) is 5.19. The summed E-state index contributed by atoms with van der Waals surface area (Å²) < 4.78 is 14.5. The SMILES string of the molecule is Cn1cccc1[C@H]1CCC[NH+]1CC(=O)Nc1ccc2c(c1)OC1(CCCCC1)O2. The summed E-state index contributed by atoms with van der Waals surface area (Å²) in [5, 5.41) is 3.07. The van der Waals surface area contributed by atoms with Crippen molar-refractivity contribution >= 4 is 11.6 Å². The number of ether oxygens (including phenoxy) is 2. The Morgan fingerprint density at radius 1 is 1.17 bits per heavy atom. The van der Waals surface area contributed by atoms with Crippen LogP contribution in [0, 0.1) is 0 Å². The lowest BCUT2D eigenvalue weighted by Crippen LogP contribution is -3.11. The predicted octanol–water partition coefficient (Wildman–Crippen LogP) is 2.82. The molecule has 154 valence electrons. The van der Waals surface area contributed by atoms with E-state index in [2.05, 4.69) is 35.3 Å². The molecule has 6 heteroatoms. The van der Waals surface area contributed by atoms with Gasteiger partial charge in [0.15, 0.2) is 18.0 Å². The number of quaternary nitrogens is 1. The van der Waals surface area contributed by atoms with Gasteiger partial charge in [-0.3, -0.25) is 4.79 Å². The first-order valence-corrected chi connectivity index (χ1v) is 10.9. The highest BCUT2D eigenvalue weighted by molar-refractivity contribution is 5.91. The molecule has 3 aliphatic rings. The first-order valence-electron chi connectivity index (χ1n) is 10.9. The molecule has 1 spiro atoms. The number of carbonyl (C=O) groups excluding carboxylic acids is 1. The van der Waals surface area contributed by atoms with E-state index in [0.717, 1.165) is 62.3 Å². The topological polar surface area (TPSA) is 56.9 Å². The van der Waals surface area contributed by atoms with Gasteiger partial charge < -0.3 is 24.3 Å². The van der Waals surface area contributed by atoms with Crippen LogP contribution in [0.15, 0.2) is 36.5 Å². The van der Waals surface area contributed by atoms with Crippen LogP contribution < -0.4 is 19.7 Å². The summed E-state index contributed by atoms with van der Waals surface area (Å²) in [7, 11) is 2.08. The van der Waals surface area contributed by atoms with Crippen LogP contribution in [0.3, 0.4) is 0 Å². The number of fused-ring (bicyclic) bond motifs is 1. The van der Waals surface area contributed by atoms with Crippen molar-refractivity contribution in [1.29, 1.82) is 0 Å². The van der Waals surface area contributed by atoms with E-state index in [1.165, 1.54) is 17.0 Å². The van der Waals surface area contributed by atoms with E-state index in [1.54, 1.807) is 0 Å². The van der Waals surface area contributed by atoms with Crippen LogP contribution in [0.5, 0.6) is 11.5 Å². The van der Waals surface area contributed by atoms with Crippen molar-refractivity contribution in [1.82, 2.24) is 4.57 Å². The molecule has 1 aromatic carbocycles. The molecule has 1 saturated carbocycles. The van der Waals surface area contributed by atoms with Gasteiger partial charge in [-0.2, -0.15) is 0 Å². The number of amides is 1. The number of hydrogen-bond acceptors (Lipinski definition) is 3. The van der Waals surface area contributed by atoms with Crippen molar-refractivity contribution < 1.29 is 19.2 Å². The third kappa shape index (κ3) is 3.62. The van der Waals surface area contributed by atoms with Crippen molar-refractivity contribution in [3.05, 3.63) is 42.2 Å².